The summed E-state index contributed by atoms with van der Waals surface area (Å²) in [6.45, 7) is 0.636. The van der Waals surface area contributed by atoms with Crippen LogP contribution in [0.25, 0.3) is 10.4 Å². The van der Waals surface area contributed by atoms with Crippen molar-refractivity contribution in [2.24, 2.45) is 5.73 Å². The normalized spacial score (nSPS) is 10.4. The highest BCUT2D eigenvalue weighted by Crippen LogP contribution is 2.26. The van der Waals surface area contributed by atoms with Gasteiger partial charge in [0.2, 0.25) is 0 Å². The van der Waals surface area contributed by atoms with Crippen LogP contribution in [0.3, 0.4) is 0 Å². The quantitative estimate of drug-likeness (QED) is 0.829. The predicted octanol–water partition coefficient (Wildman–Crippen LogP) is 1.71. The van der Waals surface area contributed by atoms with E-state index in [1.165, 1.54) is 4.88 Å². The molecule has 0 radical (unpaired) electrons. The second kappa shape index (κ2) is 4.30. The highest BCUT2D eigenvalue weighted by Gasteiger charge is 2.06. The first-order chi connectivity index (χ1) is 6.92. The second-order valence-electron chi connectivity index (χ2n) is 2.91. The van der Waals surface area contributed by atoms with E-state index in [-0.39, 0.29) is 0 Å². The van der Waals surface area contributed by atoms with Gasteiger partial charge in [-0.3, -0.25) is 4.98 Å². The van der Waals surface area contributed by atoms with Gasteiger partial charge in [0.1, 0.15) is 0 Å². The number of pyridine rings is 1. The molecule has 14 heavy (non-hydrogen) atoms. The average Bonchev–Trinajstić information content (AvgIpc) is 2.68. The fourth-order valence-electron chi connectivity index (χ4n) is 1.32. The molecule has 2 aromatic rings. The summed E-state index contributed by atoms with van der Waals surface area (Å²) in [4.78, 5) is 9.57. The standard InChI is InChI=1S/C10H11N3S/c11-4-3-9-10(14-7-13-9)8-2-1-5-12-6-8/h1-2,5-7H,3-4,11H2. The van der Waals surface area contributed by atoms with Crippen LogP contribution in [0, 0.1) is 0 Å². The van der Waals surface area contributed by atoms with E-state index < -0.39 is 0 Å². The molecule has 0 fully saturated rings. The molecule has 0 atom stereocenters. The average molecular weight is 205 g/mol. The van der Waals surface area contributed by atoms with Gasteiger partial charge in [-0.05, 0) is 12.6 Å². The van der Waals surface area contributed by atoms with Crippen molar-refractivity contribution >= 4 is 11.3 Å². The lowest BCUT2D eigenvalue weighted by molar-refractivity contribution is 0.937. The van der Waals surface area contributed by atoms with E-state index in [2.05, 4.69) is 9.97 Å². The third kappa shape index (κ3) is 1.81. The zero-order valence-corrected chi connectivity index (χ0v) is 8.50. The highest BCUT2D eigenvalue weighted by molar-refractivity contribution is 7.13. The largest absolute Gasteiger partial charge is 0.330 e. The topological polar surface area (TPSA) is 51.8 Å². The molecule has 0 bridgehead atoms. The number of rotatable bonds is 3. The summed E-state index contributed by atoms with van der Waals surface area (Å²) < 4.78 is 0. The van der Waals surface area contributed by atoms with Gasteiger partial charge >= 0.3 is 0 Å². The molecule has 0 aromatic carbocycles. The maximum absolute atomic E-state index is 5.52. The Kier molecular flexibility index (Phi) is 2.86. The molecule has 0 amide bonds. The van der Waals surface area contributed by atoms with Gasteiger partial charge in [-0.25, -0.2) is 4.98 Å². The predicted molar refractivity (Wildman–Crippen MR) is 58.1 cm³/mol. The van der Waals surface area contributed by atoms with Crippen LogP contribution in [0.5, 0.6) is 0 Å². The number of hydrogen-bond donors (Lipinski definition) is 1. The molecule has 0 saturated heterocycles. The molecule has 2 rings (SSSR count). The lowest BCUT2D eigenvalue weighted by Gasteiger charge is -1.99. The number of thiazole rings is 1. The van der Waals surface area contributed by atoms with Crippen molar-refractivity contribution in [1.29, 1.82) is 0 Å². The molecule has 0 saturated carbocycles. The number of aromatic nitrogens is 2. The van der Waals surface area contributed by atoms with Crippen molar-refractivity contribution in [3.05, 3.63) is 35.7 Å². The Morgan fingerprint density at radius 1 is 1.43 bits per heavy atom. The van der Waals surface area contributed by atoms with Crippen LogP contribution in [0.2, 0.25) is 0 Å². The zero-order chi connectivity index (χ0) is 9.80. The Balaban J connectivity index is 2.37. The smallest absolute Gasteiger partial charge is 0.0801 e. The minimum absolute atomic E-state index is 0.636. The van der Waals surface area contributed by atoms with E-state index in [0.717, 1.165) is 17.7 Å². The first kappa shape index (κ1) is 9.30. The molecule has 0 aliphatic carbocycles. The van der Waals surface area contributed by atoms with Crippen LogP contribution >= 0.6 is 11.3 Å². The third-order valence-electron chi connectivity index (χ3n) is 1.95. The summed E-state index contributed by atoms with van der Waals surface area (Å²) in [6, 6.07) is 3.97. The van der Waals surface area contributed by atoms with E-state index >= 15 is 0 Å². The van der Waals surface area contributed by atoms with Gasteiger partial charge < -0.3 is 5.73 Å². The minimum atomic E-state index is 0.636. The van der Waals surface area contributed by atoms with Crippen molar-refractivity contribution in [2.45, 2.75) is 6.42 Å². The fraction of sp³-hybridized carbons (Fsp3) is 0.200. The molecule has 2 N–H and O–H groups in total. The maximum atomic E-state index is 5.52. The van der Waals surface area contributed by atoms with E-state index in [4.69, 9.17) is 5.73 Å². The van der Waals surface area contributed by atoms with Crippen molar-refractivity contribution in [3.8, 4) is 10.4 Å². The van der Waals surface area contributed by atoms with Crippen LogP contribution < -0.4 is 5.73 Å². The Labute approximate surface area is 86.6 Å². The van der Waals surface area contributed by atoms with Crippen molar-refractivity contribution in [2.75, 3.05) is 6.54 Å². The number of nitrogens with zero attached hydrogens (tertiary/aromatic N) is 2. The van der Waals surface area contributed by atoms with Crippen molar-refractivity contribution < 1.29 is 0 Å². The molecule has 3 nitrogen and oxygen atoms in total. The van der Waals surface area contributed by atoms with Crippen LogP contribution in [0.15, 0.2) is 30.0 Å². The van der Waals surface area contributed by atoms with Crippen LogP contribution in [-0.4, -0.2) is 16.5 Å². The summed E-state index contributed by atoms with van der Waals surface area (Å²) in [6.07, 6.45) is 4.45. The molecular weight excluding hydrogens is 194 g/mol. The Hall–Kier alpha value is -1.26. The fourth-order valence-corrected chi connectivity index (χ4v) is 2.15. The molecule has 0 aliphatic rings. The maximum Gasteiger partial charge on any atom is 0.0801 e. The van der Waals surface area contributed by atoms with Gasteiger partial charge in [0.25, 0.3) is 0 Å². The molecule has 0 unspecified atom stereocenters. The summed E-state index contributed by atoms with van der Waals surface area (Å²) in [5.74, 6) is 0. The molecule has 0 spiro atoms. The highest BCUT2D eigenvalue weighted by atomic mass is 32.1. The van der Waals surface area contributed by atoms with E-state index in [1.807, 2.05) is 23.8 Å². The minimum Gasteiger partial charge on any atom is -0.330 e. The van der Waals surface area contributed by atoms with Crippen LogP contribution in [0.1, 0.15) is 5.69 Å². The van der Waals surface area contributed by atoms with Crippen LogP contribution in [0.4, 0.5) is 0 Å². The van der Waals surface area contributed by atoms with Gasteiger partial charge in [-0.1, -0.05) is 6.07 Å². The summed E-state index contributed by atoms with van der Waals surface area (Å²) in [7, 11) is 0. The van der Waals surface area contributed by atoms with Crippen LogP contribution in [-0.2, 0) is 6.42 Å². The third-order valence-corrected chi connectivity index (χ3v) is 2.86. The molecular formula is C10H11N3S. The molecule has 2 aromatic heterocycles. The summed E-state index contributed by atoms with van der Waals surface area (Å²) >= 11 is 1.64. The lowest BCUT2D eigenvalue weighted by atomic mass is 10.2. The monoisotopic (exact) mass is 205 g/mol. The SMILES string of the molecule is NCCc1ncsc1-c1cccnc1. The summed E-state index contributed by atoms with van der Waals surface area (Å²) in [5, 5.41) is 0. The van der Waals surface area contributed by atoms with Gasteiger partial charge in [0.05, 0.1) is 16.1 Å². The van der Waals surface area contributed by atoms with Gasteiger partial charge in [-0.2, -0.15) is 0 Å². The van der Waals surface area contributed by atoms with Crippen molar-refractivity contribution in [3.63, 3.8) is 0 Å². The van der Waals surface area contributed by atoms with Gasteiger partial charge in [-0.15, -0.1) is 11.3 Å². The second-order valence-corrected chi connectivity index (χ2v) is 3.76. The Morgan fingerprint density at radius 3 is 3.07 bits per heavy atom. The number of hydrogen-bond acceptors (Lipinski definition) is 4. The molecule has 0 aliphatic heterocycles. The Morgan fingerprint density at radius 2 is 2.36 bits per heavy atom. The number of nitrogens with two attached hydrogens (primary N) is 1. The van der Waals surface area contributed by atoms with E-state index in [0.29, 0.717) is 6.54 Å². The molecule has 2 heterocycles. The molecule has 4 heteroatoms. The van der Waals surface area contributed by atoms with E-state index in [1.54, 1.807) is 17.5 Å². The zero-order valence-electron chi connectivity index (χ0n) is 7.68. The van der Waals surface area contributed by atoms with Gasteiger partial charge in [0, 0.05) is 24.4 Å². The first-order valence-electron chi connectivity index (χ1n) is 4.44. The lowest BCUT2D eigenvalue weighted by Crippen LogP contribution is -2.03. The first-order valence-corrected chi connectivity index (χ1v) is 5.32. The van der Waals surface area contributed by atoms with Gasteiger partial charge in [0.15, 0.2) is 0 Å². The molecule has 72 valence electrons. The van der Waals surface area contributed by atoms with Crippen molar-refractivity contribution in [1.82, 2.24) is 9.97 Å². The Bertz CT molecular complexity index is 397. The summed E-state index contributed by atoms with van der Waals surface area (Å²) in [5.41, 5.74) is 9.57. The van der Waals surface area contributed by atoms with E-state index in [9.17, 15) is 0 Å².